The van der Waals surface area contributed by atoms with Crippen LogP contribution < -0.4 is 18.9 Å². The Kier molecular flexibility index (Phi) is 8.45. The minimum absolute atomic E-state index is 0.438. The smallest absolute Gasteiger partial charge is 0.161 e. The zero-order valence-electron chi connectivity index (χ0n) is 22.4. The van der Waals surface area contributed by atoms with Crippen LogP contribution in [0.4, 0.5) is 0 Å². The van der Waals surface area contributed by atoms with E-state index in [-0.39, 0.29) is 0 Å². The lowest BCUT2D eigenvalue weighted by atomic mass is 9.87. The quantitative estimate of drug-likeness (QED) is 0.421. The molecule has 0 radical (unpaired) electrons. The molecule has 0 amide bonds. The maximum absolute atomic E-state index is 5.60. The van der Waals surface area contributed by atoms with Gasteiger partial charge in [-0.15, -0.1) is 0 Å². The predicted molar refractivity (Wildman–Crippen MR) is 140 cm³/mol. The number of ether oxygens (including phenoxy) is 4. The van der Waals surface area contributed by atoms with Crippen molar-refractivity contribution in [2.75, 3.05) is 55.6 Å². The number of fused-ring (bicyclic) bond motifs is 2. The standard InChI is InChI=1S/C29H42N2O4/c1-30-14-12-20-16-26(32-3)28(34-5)18-22(20)24(30)10-8-7-9-11-25-23-19-29(35-6)27(33-4)17-21(23)13-15-31(25)2/h16-19,24-25H,7-15H2,1-6H3. The maximum Gasteiger partial charge on any atom is 0.161 e. The molecule has 2 heterocycles. The van der Waals surface area contributed by atoms with Crippen LogP contribution >= 0.6 is 0 Å². The predicted octanol–water partition coefficient (Wildman–Crippen LogP) is 5.43. The molecule has 6 nitrogen and oxygen atoms in total. The Morgan fingerprint density at radius 2 is 0.971 bits per heavy atom. The van der Waals surface area contributed by atoms with Crippen molar-refractivity contribution < 1.29 is 18.9 Å². The molecule has 0 saturated carbocycles. The number of nitrogens with zero attached hydrogens (tertiary/aromatic N) is 2. The van der Waals surface area contributed by atoms with Gasteiger partial charge in [0.05, 0.1) is 28.4 Å². The fourth-order valence-corrected chi connectivity index (χ4v) is 5.91. The van der Waals surface area contributed by atoms with Crippen molar-refractivity contribution in [3.05, 3.63) is 46.5 Å². The first kappa shape index (κ1) is 25.6. The second-order valence-corrected chi connectivity index (χ2v) is 9.94. The van der Waals surface area contributed by atoms with E-state index in [2.05, 4.69) is 48.2 Å². The Bertz CT molecular complexity index is 929. The molecule has 2 aromatic rings. The molecule has 4 rings (SSSR count). The lowest BCUT2D eigenvalue weighted by molar-refractivity contribution is 0.204. The third kappa shape index (κ3) is 5.39. The first-order valence-electron chi connectivity index (χ1n) is 12.9. The first-order valence-corrected chi connectivity index (χ1v) is 12.9. The van der Waals surface area contributed by atoms with Crippen molar-refractivity contribution in [1.82, 2.24) is 9.80 Å². The van der Waals surface area contributed by atoms with Crippen LogP contribution in [0.3, 0.4) is 0 Å². The fourth-order valence-electron chi connectivity index (χ4n) is 5.91. The zero-order valence-corrected chi connectivity index (χ0v) is 22.4. The van der Waals surface area contributed by atoms with Crippen LogP contribution in [0.2, 0.25) is 0 Å². The van der Waals surface area contributed by atoms with E-state index in [4.69, 9.17) is 18.9 Å². The lowest BCUT2D eigenvalue weighted by Gasteiger charge is -2.36. The SMILES string of the molecule is COc1cc2c(cc1OC)C(CCCCCC1c3cc(OC)c(OC)cc3CCN1C)N(C)CC2. The van der Waals surface area contributed by atoms with Gasteiger partial charge in [0.1, 0.15) is 0 Å². The van der Waals surface area contributed by atoms with E-state index in [1.54, 1.807) is 28.4 Å². The second-order valence-electron chi connectivity index (χ2n) is 9.94. The topological polar surface area (TPSA) is 43.4 Å². The molecular formula is C29H42N2O4. The molecule has 0 bridgehead atoms. The molecule has 0 N–H and O–H groups in total. The van der Waals surface area contributed by atoms with Crippen LogP contribution in [-0.2, 0) is 12.8 Å². The van der Waals surface area contributed by atoms with E-state index in [0.717, 1.165) is 48.9 Å². The third-order valence-electron chi connectivity index (χ3n) is 8.00. The maximum atomic E-state index is 5.60. The minimum atomic E-state index is 0.438. The molecule has 0 aromatic heterocycles. The van der Waals surface area contributed by atoms with E-state index >= 15 is 0 Å². The summed E-state index contributed by atoms with van der Waals surface area (Å²) in [5.74, 6) is 3.33. The van der Waals surface area contributed by atoms with Crippen molar-refractivity contribution >= 4 is 0 Å². The molecule has 2 atom stereocenters. The van der Waals surface area contributed by atoms with Gasteiger partial charge in [-0.05, 0) is 86.3 Å². The molecule has 6 heteroatoms. The van der Waals surface area contributed by atoms with Crippen LogP contribution in [0.5, 0.6) is 23.0 Å². The van der Waals surface area contributed by atoms with Crippen molar-refractivity contribution in [2.45, 2.75) is 57.0 Å². The van der Waals surface area contributed by atoms with Crippen molar-refractivity contribution in [3.8, 4) is 23.0 Å². The van der Waals surface area contributed by atoms with Gasteiger partial charge in [0.2, 0.25) is 0 Å². The van der Waals surface area contributed by atoms with Crippen LogP contribution in [0.1, 0.15) is 66.4 Å². The van der Waals surface area contributed by atoms with Crippen LogP contribution in [0.15, 0.2) is 24.3 Å². The number of likely N-dealkylation sites (N-methyl/N-ethyl adjacent to an activating group) is 2. The van der Waals surface area contributed by atoms with Crippen LogP contribution in [0.25, 0.3) is 0 Å². The summed E-state index contributed by atoms with van der Waals surface area (Å²) in [6, 6.07) is 9.62. The summed E-state index contributed by atoms with van der Waals surface area (Å²) >= 11 is 0. The van der Waals surface area contributed by atoms with Gasteiger partial charge in [-0.25, -0.2) is 0 Å². The van der Waals surface area contributed by atoms with Crippen molar-refractivity contribution in [2.24, 2.45) is 0 Å². The molecule has 2 aliphatic heterocycles. The first-order chi connectivity index (χ1) is 17.0. The molecule has 35 heavy (non-hydrogen) atoms. The highest BCUT2D eigenvalue weighted by Gasteiger charge is 2.28. The number of benzene rings is 2. The molecule has 0 saturated heterocycles. The highest BCUT2D eigenvalue weighted by atomic mass is 16.5. The molecular weight excluding hydrogens is 440 g/mol. The Labute approximate surface area is 211 Å². The largest absolute Gasteiger partial charge is 0.493 e. The van der Waals surface area contributed by atoms with Gasteiger partial charge in [0.25, 0.3) is 0 Å². The van der Waals surface area contributed by atoms with E-state index in [1.807, 2.05) is 0 Å². The molecule has 2 aliphatic rings. The number of hydrogen-bond acceptors (Lipinski definition) is 6. The number of unbranched alkanes of at least 4 members (excludes halogenated alkanes) is 2. The highest BCUT2D eigenvalue weighted by Crippen LogP contribution is 2.41. The molecule has 0 fully saturated rings. The summed E-state index contributed by atoms with van der Waals surface area (Å²) in [4.78, 5) is 5.00. The van der Waals surface area contributed by atoms with Crippen molar-refractivity contribution in [1.29, 1.82) is 0 Å². The lowest BCUT2D eigenvalue weighted by Crippen LogP contribution is -2.32. The minimum Gasteiger partial charge on any atom is -0.493 e. The normalized spacial score (nSPS) is 20.2. The summed E-state index contributed by atoms with van der Waals surface area (Å²) in [6.45, 7) is 2.17. The Morgan fingerprint density at radius 1 is 0.600 bits per heavy atom. The van der Waals surface area contributed by atoms with E-state index in [0.29, 0.717) is 12.1 Å². The molecule has 0 spiro atoms. The average Bonchev–Trinajstić information content (AvgIpc) is 2.88. The van der Waals surface area contributed by atoms with Crippen LogP contribution in [-0.4, -0.2) is 65.4 Å². The Balaban J connectivity index is 1.37. The molecule has 0 aliphatic carbocycles. The number of rotatable bonds is 10. The van der Waals surface area contributed by atoms with E-state index in [9.17, 15) is 0 Å². The summed E-state index contributed by atoms with van der Waals surface area (Å²) < 4.78 is 22.3. The van der Waals surface area contributed by atoms with E-state index in [1.165, 1.54) is 54.4 Å². The second kappa shape index (κ2) is 11.5. The zero-order chi connectivity index (χ0) is 24.9. The van der Waals surface area contributed by atoms with Gasteiger partial charge in [0, 0.05) is 25.2 Å². The summed E-state index contributed by atoms with van der Waals surface area (Å²) in [7, 11) is 11.4. The van der Waals surface area contributed by atoms with Gasteiger partial charge in [0.15, 0.2) is 23.0 Å². The highest BCUT2D eigenvalue weighted by molar-refractivity contribution is 5.50. The molecule has 2 unspecified atom stereocenters. The fraction of sp³-hybridized carbons (Fsp3) is 0.586. The molecule has 192 valence electrons. The number of hydrogen-bond donors (Lipinski definition) is 0. The summed E-state index contributed by atoms with van der Waals surface area (Å²) in [5, 5.41) is 0. The van der Waals surface area contributed by atoms with E-state index < -0.39 is 0 Å². The summed E-state index contributed by atoms with van der Waals surface area (Å²) in [6.07, 6.45) is 8.13. The van der Waals surface area contributed by atoms with Crippen molar-refractivity contribution in [3.63, 3.8) is 0 Å². The van der Waals surface area contributed by atoms with Gasteiger partial charge >= 0.3 is 0 Å². The Morgan fingerprint density at radius 3 is 1.34 bits per heavy atom. The summed E-state index contributed by atoms with van der Waals surface area (Å²) in [5.41, 5.74) is 5.60. The van der Waals surface area contributed by atoms with Gasteiger partial charge < -0.3 is 18.9 Å². The average molecular weight is 483 g/mol. The third-order valence-corrected chi connectivity index (χ3v) is 8.00. The van der Waals surface area contributed by atoms with Gasteiger partial charge in [-0.1, -0.05) is 19.3 Å². The molecule has 2 aromatic carbocycles. The Hall–Kier alpha value is -2.44. The monoisotopic (exact) mass is 482 g/mol. The number of methoxy groups -OCH3 is 4. The van der Waals surface area contributed by atoms with Gasteiger partial charge in [-0.3, -0.25) is 9.80 Å². The van der Waals surface area contributed by atoms with Crippen LogP contribution in [0, 0.1) is 0 Å². The van der Waals surface area contributed by atoms with Gasteiger partial charge in [-0.2, -0.15) is 0 Å².